The third kappa shape index (κ3) is 7.83. The van der Waals surface area contributed by atoms with Gasteiger partial charge in [-0.1, -0.05) is 12.1 Å². The van der Waals surface area contributed by atoms with Gasteiger partial charge in [-0.3, -0.25) is 39.2 Å². The number of carbonyl (C=O) groups excluding carboxylic acids is 4. The van der Waals surface area contributed by atoms with Crippen molar-refractivity contribution in [3.8, 4) is 0 Å². The highest BCUT2D eigenvalue weighted by atomic mass is 19.3. The van der Waals surface area contributed by atoms with Crippen molar-refractivity contribution in [3.05, 3.63) is 59.8 Å². The molecule has 5 aromatic rings. The minimum Gasteiger partial charge on any atom is -0.374 e. The minimum atomic E-state index is -2.87. The number of ether oxygens (including phenoxy) is 1. The minimum absolute atomic E-state index is 0.0181. The largest absolute Gasteiger partial charge is 0.374 e. The zero-order valence-electron chi connectivity index (χ0n) is 33.4. The number of hydrogen-bond donors (Lipinski definition) is 4. The van der Waals surface area contributed by atoms with Crippen LogP contribution in [-0.4, -0.2) is 133 Å². The number of aromatic amines is 1. The first-order valence-corrected chi connectivity index (χ1v) is 21.1. The fourth-order valence-corrected chi connectivity index (χ4v) is 9.77. The Balaban J connectivity index is 0.699. The number of morpholine rings is 1. The van der Waals surface area contributed by atoms with Gasteiger partial charge in [0.25, 0.3) is 12.3 Å². The van der Waals surface area contributed by atoms with Crippen molar-refractivity contribution in [2.24, 2.45) is 5.92 Å². The number of aromatic nitrogens is 7. The molecule has 61 heavy (non-hydrogen) atoms. The number of amides is 4. The normalized spacial score (nSPS) is 24.9. The van der Waals surface area contributed by atoms with Gasteiger partial charge in [0.2, 0.25) is 17.7 Å². The Hall–Kier alpha value is -5.86. The second-order valence-corrected chi connectivity index (χ2v) is 16.9. The number of alkyl halides is 2. The topological polar surface area (TPSA) is 200 Å². The van der Waals surface area contributed by atoms with Gasteiger partial charge in [-0.2, -0.15) is 15.3 Å². The molecule has 4 aliphatic heterocycles. The molecule has 4 aromatic heterocycles. The Bertz CT molecular complexity index is 2490. The number of rotatable bonds is 11. The third-order valence-electron chi connectivity index (χ3n) is 13.0. The van der Waals surface area contributed by atoms with Gasteiger partial charge >= 0.3 is 0 Å². The molecular weight excluding hydrogens is 793 g/mol. The number of H-pyrrole nitrogens is 1. The molecule has 0 radical (unpaired) electrons. The van der Waals surface area contributed by atoms with Gasteiger partial charge in [-0.05, 0) is 56.6 Å². The summed E-state index contributed by atoms with van der Waals surface area (Å²) in [6.45, 7) is 5.69. The Morgan fingerprint density at radius 1 is 0.967 bits per heavy atom. The van der Waals surface area contributed by atoms with Crippen molar-refractivity contribution in [1.29, 1.82) is 0 Å². The zero-order valence-corrected chi connectivity index (χ0v) is 33.4. The lowest BCUT2D eigenvalue weighted by molar-refractivity contribution is -0.134. The second kappa shape index (κ2) is 16.2. The molecule has 0 unspecified atom stereocenters. The lowest BCUT2D eigenvalue weighted by Crippen LogP contribution is -2.49. The standard InChI is InChI=1S/C41H47F2N13O5/c42-38(43)37-31(46-41(60)29-17-44-55-11-10-32(47-39(29)55)54-19-26-16-25(54)22-61-26)20-56(51-37)24-6-4-23(5-7-24)18-52-12-14-53(15-13-52)21-34(58)45-30-3-1-2-27-35(49-50-36(27)30)28-8-9-33(57)48-40(28)59/h1-3,10-11,17,20,23-26,28,38H,4-9,12-16,18-19,21-22H2,(H,45,58)(H,46,60)(H,49,50)(H,48,57,59)/t23?,24?,25-,26-,28+/m1/s1. The van der Waals surface area contributed by atoms with Crippen molar-refractivity contribution >= 4 is 57.4 Å². The molecule has 8 heterocycles. The Kier molecular flexibility index (Phi) is 10.4. The number of nitrogens with zero attached hydrogens (tertiary/aromatic N) is 9. The highest BCUT2D eigenvalue weighted by Gasteiger charge is 2.40. The summed E-state index contributed by atoms with van der Waals surface area (Å²) >= 11 is 0. The van der Waals surface area contributed by atoms with Gasteiger partial charge in [0, 0.05) is 63.5 Å². The molecule has 18 nitrogen and oxygen atoms in total. The van der Waals surface area contributed by atoms with E-state index in [1.54, 1.807) is 16.9 Å². The van der Waals surface area contributed by atoms with Gasteiger partial charge < -0.3 is 25.2 Å². The smallest absolute Gasteiger partial charge is 0.284 e. The number of anilines is 3. The molecule has 5 aliphatic rings. The van der Waals surface area contributed by atoms with E-state index in [4.69, 9.17) is 9.72 Å². The summed E-state index contributed by atoms with van der Waals surface area (Å²) in [6.07, 6.45) is 6.97. The van der Waals surface area contributed by atoms with E-state index in [9.17, 15) is 28.0 Å². The number of hydrogen-bond acceptors (Lipinski definition) is 12. The number of piperidine rings is 1. The van der Waals surface area contributed by atoms with Crippen LogP contribution in [0.2, 0.25) is 0 Å². The average Bonchev–Trinajstić information content (AvgIpc) is 4.11. The average molecular weight is 840 g/mol. The van der Waals surface area contributed by atoms with Crippen LogP contribution in [0.3, 0.4) is 0 Å². The van der Waals surface area contributed by atoms with Crippen LogP contribution in [-0.2, 0) is 19.1 Å². The molecule has 0 spiro atoms. The molecule has 1 aromatic carbocycles. The van der Waals surface area contributed by atoms with E-state index in [1.165, 1.54) is 16.9 Å². The number of imide groups is 1. The van der Waals surface area contributed by atoms with E-state index in [0.29, 0.717) is 41.5 Å². The summed E-state index contributed by atoms with van der Waals surface area (Å²) < 4.78 is 37.4. The van der Waals surface area contributed by atoms with Crippen LogP contribution in [0.15, 0.2) is 42.9 Å². The number of benzene rings is 1. The van der Waals surface area contributed by atoms with Crippen molar-refractivity contribution in [1.82, 2.24) is 49.7 Å². The fourth-order valence-electron chi connectivity index (χ4n) is 9.77. The highest BCUT2D eigenvalue weighted by Crippen LogP contribution is 2.37. The number of fused-ring (bicyclic) bond motifs is 4. The van der Waals surface area contributed by atoms with Crippen LogP contribution in [0.1, 0.15) is 85.1 Å². The molecule has 4 saturated heterocycles. The molecule has 320 valence electrons. The van der Waals surface area contributed by atoms with Crippen molar-refractivity contribution in [2.45, 2.75) is 75.5 Å². The lowest BCUT2D eigenvalue weighted by Gasteiger charge is -2.38. The maximum Gasteiger partial charge on any atom is 0.284 e. The zero-order chi connectivity index (χ0) is 41.8. The van der Waals surface area contributed by atoms with Gasteiger partial charge in [0.05, 0.1) is 66.0 Å². The summed E-state index contributed by atoms with van der Waals surface area (Å²) in [5.41, 5.74) is 1.83. The maximum atomic E-state index is 14.3. The molecule has 1 aliphatic carbocycles. The summed E-state index contributed by atoms with van der Waals surface area (Å²) in [4.78, 5) is 62.3. The molecule has 3 atom stereocenters. The monoisotopic (exact) mass is 839 g/mol. The molecular formula is C41H47F2N13O5. The number of halogens is 2. The summed E-state index contributed by atoms with van der Waals surface area (Å²) in [6, 6.07) is 7.50. The summed E-state index contributed by atoms with van der Waals surface area (Å²) in [5.74, 6) is -0.731. The Morgan fingerprint density at radius 3 is 2.54 bits per heavy atom. The number of para-hydroxylation sites is 1. The molecule has 5 fully saturated rings. The molecule has 20 heteroatoms. The van der Waals surface area contributed by atoms with Crippen molar-refractivity contribution < 1.29 is 32.7 Å². The first-order valence-electron chi connectivity index (χ1n) is 21.1. The molecule has 10 rings (SSSR count). The van der Waals surface area contributed by atoms with E-state index in [-0.39, 0.29) is 60.1 Å². The number of carbonyl (C=O) groups is 4. The van der Waals surface area contributed by atoms with E-state index in [0.717, 1.165) is 82.6 Å². The van der Waals surface area contributed by atoms with E-state index in [2.05, 4.69) is 51.0 Å². The Labute approximate surface area is 348 Å². The predicted molar refractivity (Wildman–Crippen MR) is 217 cm³/mol. The SMILES string of the molecule is O=C1CC[C@@H](c2n[nH]c3c(NC(=O)CN4CCN(CC5CCC(n6cc(NC(=O)c7cnn8ccc(N9C[C@H]%10C[C@@H]9CO%10)nc78)c(C(F)F)n6)CC5)CC4)cccc23)C(=O)N1. The number of nitrogens with one attached hydrogen (secondary N) is 4. The third-order valence-corrected chi connectivity index (χ3v) is 13.0. The quantitative estimate of drug-likeness (QED) is 0.142. The van der Waals surface area contributed by atoms with Crippen LogP contribution >= 0.6 is 0 Å². The van der Waals surface area contributed by atoms with Gasteiger partial charge in [0.15, 0.2) is 11.3 Å². The molecule has 4 amide bonds. The van der Waals surface area contributed by atoms with Gasteiger partial charge in [-0.15, -0.1) is 0 Å². The predicted octanol–water partition coefficient (Wildman–Crippen LogP) is 3.48. The highest BCUT2D eigenvalue weighted by molar-refractivity contribution is 6.08. The van der Waals surface area contributed by atoms with Crippen LogP contribution in [0, 0.1) is 5.92 Å². The summed E-state index contributed by atoms with van der Waals surface area (Å²) in [7, 11) is 0. The van der Waals surface area contributed by atoms with Gasteiger partial charge in [0.1, 0.15) is 11.4 Å². The van der Waals surface area contributed by atoms with Crippen molar-refractivity contribution in [3.63, 3.8) is 0 Å². The Morgan fingerprint density at radius 2 is 1.79 bits per heavy atom. The first-order chi connectivity index (χ1) is 29.6. The lowest BCUT2D eigenvalue weighted by atomic mass is 9.85. The van der Waals surface area contributed by atoms with E-state index in [1.807, 2.05) is 18.2 Å². The van der Waals surface area contributed by atoms with E-state index < -0.39 is 23.9 Å². The second-order valence-electron chi connectivity index (χ2n) is 16.9. The number of piperazine rings is 1. The first kappa shape index (κ1) is 39.3. The van der Waals surface area contributed by atoms with Crippen molar-refractivity contribution in [2.75, 3.05) is 68.0 Å². The fraction of sp³-hybridized carbons (Fsp3) is 0.512. The molecule has 2 bridgehead atoms. The molecule has 4 N–H and O–H groups in total. The van der Waals surface area contributed by atoms with Crippen LogP contribution in [0.25, 0.3) is 16.6 Å². The summed E-state index contributed by atoms with van der Waals surface area (Å²) in [5, 5.41) is 24.7. The van der Waals surface area contributed by atoms with E-state index >= 15 is 0 Å². The molecule has 1 saturated carbocycles. The van der Waals surface area contributed by atoms with Crippen LogP contribution in [0.4, 0.5) is 26.0 Å². The maximum absolute atomic E-state index is 14.3. The van der Waals surface area contributed by atoms with Crippen LogP contribution < -0.4 is 20.9 Å². The van der Waals surface area contributed by atoms with Crippen LogP contribution in [0.5, 0.6) is 0 Å². The van der Waals surface area contributed by atoms with Gasteiger partial charge in [-0.25, -0.2) is 18.3 Å².